The second-order valence-electron chi connectivity index (χ2n) is 7.27. The van der Waals surface area contributed by atoms with Gasteiger partial charge < -0.3 is 9.80 Å². The van der Waals surface area contributed by atoms with E-state index in [0.29, 0.717) is 0 Å². The molecule has 2 nitrogen and oxygen atoms in total. The van der Waals surface area contributed by atoms with Gasteiger partial charge in [-0.15, -0.1) is 0 Å². The Morgan fingerprint density at radius 3 is 1.46 bits per heavy atom. The van der Waals surface area contributed by atoms with Crippen LogP contribution in [0, 0.1) is 0 Å². The average Bonchev–Trinajstić information content (AvgIpc) is 2.76. The first kappa shape index (κ1) is 22.1. The van der Waals surface area contributed by atoms with Gasteiger partial charge in [0.05, 0.1) is 0 Å². The number of rotatable bonds is 13. The van der Waals surface area contributed by atoms with E-state index in [-0.39, 0.29) is 0 Å². The van der Waals surface area contributed by atoms with E-state index in [9.17, 15) is 0 Å². The molecule has 0 saturated heterocycles. The van der Waals surface area contributed by atoms with E-state index < -0.39 is 0 Å². The number of nitrogens with zero attached hydrogens (tertiary/aromatic N) is 2. The molecule has 2 heteroatoms. The van der Waals surface area contributed by atoms with Gasteiger partial charge in [0.2, 0.25) is 0 Å². The monoisotopic (exact) mass is 376 g/mol. The molecular weight excluding hydrogens is 340 g/mol. The Balaban J connectivity index is 1.79. The normalized spacial score (nSPS) is 11.1. The fourth-order valence-corrected chi connectivity index (χ4v) is 3.46. The second-order valence-corrected chi connectivity index (χ2v) is 7.27. The molecule has 0 unspecified atom stereocenters. The standard InChI is InChI=1S/C26H36N2/c1-5-23-11-9-13-25(21-23)15-17-27(7-3)19-20-28(8-4)18-16-26-14-10-12-24(6-2)22-26/h5-6,9-14,21-22H,1-2,7-8,15-20H2,3-4H3. The van der Waals surface area contributed by atoms with Crippen molar-refractivity contribution in [2.24, 2.45) is 0 Å². The van der Waals surface area contributed by atoms with E-state index in [1.54, 1.807) is 0 Å². The molecule has 0 radical (unpaired) electrons. The van der Waals surface area contributed by atoms with Crippen molar-refractivity contribution in [3.8, 4) is 0 Å². The summed E-state index contributed by atoms with van der Waals surface area (Å²) in [5.41, 5.74) is 5.20. The van der Waals surface area contributed by atoms with Crippen molar-refractivity contribution in [1.82, 2.24) is 9.80 Å². The maximum absolute atomic E-state index is 3.87. The minimum atomic E-state index is 1.09. The molecule has 0 aliphatic heterocycles. The first-order valence-corrected chi connectivity index (χ1v) is 10.6. The largest absolute Gasteiger partial charge is 0.302 e. The predicted octanol–water partition coefficient (Wildman–Crippen LogP) is 5.40. The van der Waals surface area contributed by atoms with Gasteiger partial charge in [-0.25, -0.2) is 0 Å². The molecule has 0 N–H and O–H groups in total. The van der Waals surface area contributed by atoms with Crippen molar-refractivity contribution >= 4 is 12.2 Å². The van der Waals surface area contributed by atoms with Gasteiger partial charge in [-0.1, -0.05) is 87.7 Å². The van der Waals surface area contributed by atoms with E-state index >= 15 is 0 Å². The van der Waals surface area contributed by atoms with Crippen LogP contribution in [0.4, 0.5) is 0 Å². The summed E-state index contributed by atoms with van der Waals surface area (Å²) in [5.74, 6) is 0. The first-order valence-electron chi connectivity index (χ1n) is 10.6. The molecule has 0 aliphatic rings. The summed E-state index contributed by atoms with van der Waals surface area (Å²) >= 11 is 0. The molecule has 0 spiro atoms. The smallest absolute Gasteiger partial charge is 0.0109 e. The zero-order valence-corrected chi connectivity index (χ0v) is 17.7. The lowest BCUT2D eigenvalue weighted by molar-refractivity contribution is 0.217. The Kier molecular flexibility index (Phi) is 9.74. The minimum Gasteiger partial charge on any atom is -0.302 e. The number of benzene rings is 2. The third-order valence-electron chi connectivity index (χ3n) is 5.43. The zero-order chi connectivity index (χ0) is 20.2. The molecule has 2 aromatic carbocycles. The lowest BCUT2D eigenvalue weighted by atomic mass is 10.1. The molecule has 2 rings (SSSR count). The summed E-state index contributed by atoms with van der Waals surface area (Å²) in [6.45, 7) is 18.9. The van der Waals surface area contributed by atoms with Crippen LogP contribution in [0.3, 0.4) is 0 Å². The molecule has 0 aromatic heterocycles. The van der Waals surface area contributed by atoms with Crippen LogP contribution in [0.25, 0.3) is 12.2 Å². The van der Waals surface area contributed by atoms with Crippen molar-refractivity contribution in [2.45, 2.75) is 26.7 Å². The lowest BCUT2D eigenvalue weighted by Gasteiger charge is -2.26. The second kappa shape index (κ2) is 12.3. The summed E-state index contributed by atoms with van der Waals surface area (Å²) < 4.78 is 0. The minimum absolute atomic E-state index is 1.09. The van der Waals surface area contributed by atoms with Crippen LogP contribution in [0.5, 0.6) is 0 Å². The summed E-state index contributed by atoms with van der Waals surface area (Å²) in [6, 6.07) is 17.4. The molecule has 0 atom stereocenters. The maximum Gasteiger partial charge on any atom is 0.0109 e. The van der Waals surface area contributed by atoms with Gasteiger partial charge in [-0.2, -0.15) is 0 Å². The summed E-state index contributed by atoms with van der Waals surface area (Å²) in [4.78, 5) is 5.11. The number of hydrogen-bond donors (Lipinski definition) is 0. The third-order valence-corrected chi connectivity index (χ3v) is 5.43. The number of likely N-dealkylation sites (N-methyl/N-ethyl adjacent to an activating group) is 2. The van der Waals surface area contributed by atoms with Crippen molar-refractivity contribution in [3.63, 3.8) is 0 Å². The highest BCUT2D eigenvalue weighted by Gasteiger charge is 2.08. The Bertz CT molecular complexity index is 671. The predicted molar refractivity (Wildman–Crippen MR) is 125 cm³/mol. The summed E-state index contributed by atoms with van der Waals surface area (Å²) in [5, 5.41) is 0. The van der Waals surface area contributed by atoms with Crippen LogP contribution in [-0.2, 0) is 12.8 Å². The molecule has 0 amide bonds. The SMILES string of the molecule is C=Cc1cccc(CCN(CC)CCN(CC)CCc2cccc(C=C)c2)c1. The van der Waals surface area contributed by atoms with Crippen molar-refractivity contribution < 1.29 is 0 Å². The Morgan fingerprint density at radius 1 is 0.679 bits per heavy atom. The average molecular weight is 377 g/mol. The van der Waals surface area contributed by atoms with Gasteiger partial charge in [0.25, 0.3) is 0 Å². The van der Waals surface area contributed by atoms with Crippen LogP contribution in [0.2, 0.25) is 0 Å². The molecular formula is C26H36N2. The molecule has 28 heavy (non-hydrogen) atoms. The van der Waals surface area contributed by atoms with E-state index in [4.69, 9.17) is 0 Å². The van der Waals surface area contributed by atoms with Gasteiger partial charge in [0.1, 0.15) is 0 Å². The Labute approximate surface area is 172 Å². The van der Waals surface area contributed by atoms with Gasteiger partial charge >= 0.3 is 0 Å². The van der Waals surface area contributed by atoms with Gasteiger partial charge in [0, 0.05) is 26.2 Å². The Hall–Kier alpha value is -2.16. The van der Waals surface area contributed by atoms with Crippen molar-refractivity contribution in [3.05, 3.63) is 83.9 Å². The maximum atomic E-state index is 3.87. The fraction of sp³-hybridized carbons (Fsp3) is 0.385. The third kappa shape index (κ3) is 7.46. The van der Waals surface area contributed by atoms with Crippen molar-refractivity contribution in [1.29, 1.82) is 0 Å². The highest BCUT2D eigenvalue weighted by atomic mass is 15.2. The highest BCUT2D eigenvalue weighted by Crippen LogP contribution is 2.09. The lowest BCUT2D eigenvalue weighted by Crippen LogP contribution is -2.37. The molecule has 0 heterocycles. The van der Waals surface area contributed by atoms with Gasteiger partial charge in [-0.3, -0.25) is 0 Å². The molecule has 2 aromatic rings. The van der Waals surface area contributed by atoms with E-state index in [2.05, 4.69) is 85.3 Å². The van der Waals surface area contributed by atoms with Gasteiger partial charge in [0.15, 0.2) is 0 Å². The quantitative estimate of drug-likeness (QED) is 0.462. The topological polar surface area (TPSA) is 6.48 Å². The van der Waals surface area contributed by atoms with Crippen LogP contribution in [0.1, 0.15) is 36.1 Å². The van der Waals surface area contributed by atoms with E-state index in [1.165, 1.54) is 22.3 Å². The number of hydrogen-bond acceptors (Lipinski definition) is 2. The molecule has 0 fully saturated rings. The van der Waals surface area contributed by atoms with E-state index in [0.717, 1.165) is 52.1 Å². The van der Waals surface area contributed by atoms with E-state index in [1.807, 2.05) is 12.2 Å². The summed E-state index contributed by atoms with van der Waals surface area (Å²) in [7, 11) is 0. The van der Waals surface area contributed by atoms with Crippen LogP contribution in [0.15, 0.2) is 61.7 Å². The zero-order valence-electron chi connectivity index (χ0n) is 17.7. The molecule has 150 valence electrons. The van der Waals surface area contributed by atoms with Crippen LogP contribution in [-0.4, -0.2) is 49.1 Å². The molecule has 0 bridgehead atoms. The van der Waals surface area contributed by atoms with Crippen LogP contribution >= 0.6 is 0 Å². The van der Waals surface area contributed by atoms with Gasteiger partial charge in [-0.05, 0) is 48.2 Å². The first-order chi connectivity index (χ1) is 13.7. The fourth-order valence-electron chi connectivity index (χ4n) is 3.46. The summed E-state index contributed by atoms with van der Waals surface area (Å²) in [6.07, 6.45) is 6.03. The molecule has 0 aliphatic carbocycles. The highest BCUT2D eigenvalue weighted by molar-refractivity contribution is 5.48. The van der Waals surface area contributed by atoms with Crippen LogP contribution < -0.4 is 0 Å². The van der Waals surface area contributed by atoms with Crippen molar-refractivity contribution in [2.75, 3.05) is 39.3 Å². The molecule has 0 saturated carbocycles. The Morgan fingerprint density at radius 2 is 1.11 bits per heavy atom.